The molecule has 1 saturated carbocycles. The molecule has 1 aliphatic carbocycles. The van der Waals surface area contributed by atoms with Crippen LogP contribution in [0.3, 0.4) is 0 Å². The molecule has 5 nitrogen and oxygen atoms in total. The third kappa shape index (κ3) is 3.14. The van der Waals surface area contributed by atoms with Crippen LogP contribution in [0.25, 0.3) is 0 Å². The molecule has 0 aromatic heterocycles. The molecule has 0 N–H and O–H groups in total. The average molecular weight is 305 g/mol. The third-order valence-corrected chi connectivity index (χ3v) is 3.88. The Morgan fingerprint density at radius 1 is 1.18 bits per heavy atom. The van der Waals surface area contributed by atoms with Gasteiger partial charge in [-0.25, -0.2) is 4.39 Å². The summed E-state index contributed by atoms with van der Waals surface area (Å²) in [6, 6.07) is 3.45. The Kier molecular flexibility index (Phi) is 3.91. The predicted molar refractivity (Wildman–Crippen MR) is 78.2 cm³/mol. The molecule has 1 aliphatic heterocycles. The lowest BCUT2D eigenvalue weighted by molar-refractivity contribution is -0.145. The molecule has 7 heteroatoms. The number of aryl methyl sites for hydroxylation is 1. The van der Waals surface area contributed by atoms with Crippen molar-refractivity contribution in [3.8, 4) is 0 Å². The van der Waals surface area contributed by atoms with Crippen molar-refractivity contribution in [3.05, 3.63) is 29.1 Å². The third-order valence-electron chi connectivity index (χ3n) is 3.88. The molecule has 1 heterocycles. The second-order valence-electron chi connectivity index (χ2n) is 6.00. The topological polar surface area (TPSA) is 55.8 Å². The number of halogens is 1. The minimum atomic E-state index is -1.31. The summed E-state index contributed by atoms with van der Waals surface area (Å²) >= 11 is 0. The van der Waals surface area contributed by atoms with Crippen LogP contribution in [0, 0.1) is 12.7 Å². The Morgan fingerprint density at radius 3 is 2.32 bits per heavy atom. The van der Waals surface area contributed by atoms with Crippen molar-refractivity contribution < 1.29 is 23.3 Å². The van der Waals surface area contributed by atoms with Crippen molar-refractivity contribution in [2.75, 3.05) is 20.1 Å². The van der Waals surface area contributed by atoms with Gasteiger partial charge in [-0.3, -0.25) is 14.5 Å². The fourth-order valence-electron chi connectivity index (χ4n) is 2.61. The van der Waals surface area contributed by atoms with Crippen molar-refractivity contribution in [2.24, 2.45) is 0 Å². The summed E-state index contributed by atoms with van der Waals surface area (Å²) in [4.78, 5) is 25.1. The summed E-state index contributed by atoms with van der Waals surface area (Å²) in [6.45, 7) is 1.59. The molecule has 1 aromatic rings. The molecule has 0 unspecified atom stereocenters. The van der Waals surface area contributed by atoms with Crippen molar-refractivity contribution in [1.29, 1.82) is 0 Å². The van der Waals surface area contributed by atoms with Crippen LogP contribution < -0.4 is 5.46 Å². The van der Waals surface area contributed by atoms with Crippen LogP contribution in [0.5, 0.6) is 0 Å². The fraction of sp³-hybridized carbons (Fsp3) is 0.467. The van der Waals surface area contributed by atoms with E-state index in [1.54, 1.807) is 26.1 Å². The van der Waals surface area contributed by atoms with Crippen LogP contribution in [0.1, 0.15) is 29.9 Å². The number of benzene rings is 1. The zero-order valence-corrected chi connectivity index (χ0v) is 12.6. The van der Waals surface area contributed by atoms with E-state index in [-0.39, 0.29) is 18.6 Å². The van der Waals surface area contributed by atoms with Crippen LogP contribution >= 0.6 is 0 Å². The first-order chi connectivity index (χ1) is 10.4. The summed E-state index contributed by atoms with van der Waals surface area (Å²) < 4.78 is 24.7. The maximum absolute atomic E-state index is 14.4. The van der Waals surface area contributed by atoms with Crippen molar-refractivity contribution >= 4 is 24.5 Å². The number of nitrogens with zero attached hydrogens (tertiary/aromatic N) is 1. The number of hydrogen-bond donors (Lipinski definition) is 0. The van der Waals surface area contributed by atoms with E-state index < -0.39 is 24.9 Å². The van der Waals surface area contributed by atoms with Crippen LogP contribution in [0.2, 0.25) is 0 Å². The van der Waals surface area contributed by atoms with E-state index in [2.05, 4.69) is 0 Å². The second-order valence-corrected chi connectivity index (χ2v) is 6.00. The highest BCUT2D eigenvalue weighted by molar-refractivity contribution is 6.64. The lowest BCUT2D eigenvalue weighted by Gasteiger charge is -2.23. The molecule has 0 spiro atoms. The van der Waals surface area contributed by atoms with Crippen molar-refractivity contribution in [3.63, 3.8) is 0 Å². The molecule has 0 amide bonds. The number of likely N-dealkylation sites (N-methyl/N-ethyl adjacent to an activating group) is 1. The molecule has 0 bridgehead atoms. The molecule has 2 aliphatic rings. The first-order valence-corrected chi connectivity index (χ1v) is 7.31. The zero-order valence-electron chi connectivity index (χ0n) is 12.6. The van der Waals surface area contributed by atoms with Crippen LogP contribution in [-0.4, -0.2) is 44.1 Å². The quantitative estimate of drug-likeness (QED) is 0.754. The number of hydrogen-bond acceptors (Lipinski definition) is 5. The molecule has 22 heavy (non-hydrogen) atoms. The highest BCUT2D eigenvalue weighted by atomic mass is 19.1. The van der Waals surface area contributed by atoms with Crippen LogP contribution in [-0.2, 0) is 18.9 Å². The Bertz CT molecular complexity index is 612. The van der Waals surface area contributed by atoms with Gasteiger partial charge in [0.15, 0.2) is 0 Å². The van der Waals surface area contributed by atoms with Gasteiger partial charge in [0.05, 0.1) is 13.1 Å². The molecule has 1 aromatic carbocycles. The predicted octanol–water partition coefficient (Wildman–Crippen LogP) is 0.739. The lowest BCUT2D eigenvalue weighted by Crippen LogP contribution is -2.49. The number of carbonyl (C=O) groups excluding carboxylic acids is 2. The lowest BCUT2D eigenvalue weighted by atomic mass is 9.76. The fourth-order valence-corrected chi connectivity index (χ4v) is 2.61. The Balaban J connectivity index is 1.93. The van der Waals surface area contributed by atoms with Gasteiger partial charge in [-0.2, -0.15) is 0 Å². The Hall–Kier alpha value is -1.89. The first kappa shape index (κ1) is 15.0. The number of carbonyl (C=O) groups is 2. The van der Waals surface area contributed by atoms with E-state index in [1.165, 1.54) is 4.90 Å². The highest BCUT2D eigenvalue weighted by Gasteiger charge is 2.37. The van der Waals surface area contributed by atoms with E-state index in [0.29, 0.717) is 11.5 Å². The van der Waals surface area contributed by atoms with E-state index in [0.717, 1.165) is 18.4 Å². The maximum atomic E-state index is 14.4. The summed E-state index contributed by atoms with van der Waals surface area (Å²) in [5.74, 6) is -1.17. The van der Waals surface area contributed by atoms with Gasteiger partial charge < -0.3 is 9.31 Å². The van der Waals surface area contributed by atoms with E-state index in [9.17, 15) is 14.0 Å². The van der Waals surface area contributed by atoms with Gasteiger partial charge >= 0.3 is 19.1 Å². The van der Waals surface area contributed by atoms with Gasteiger partial charge in [0.2, 0.25) is 0 Å². The van der Waals surface area contributed by atoms with Crippen molar-refractivity contribution in [1.82, 2.24) is 4.90 Å². The van der Waals surface area contributed by atoms with Gasteiger partial charge in [0.1, 0.15) is 5.82 Å². The largest absolute Gasteiger partial charge is 0.639 e. The minimum absolute atomic E-state index is 0.0332. The second kappa shape index (κ2) is 5.72. The van der Waals surface area contributed by atoms with Gasteiger partial charge in [-0.15, -0.1) is 0 Å². The average Bonchev–Trinajstić information content (AvgIpc) is 3.23. The smallest absolute Gasteiger partial charge is 0.494 e. The zero-order chi connectivity index (χ0) is 15.9. The van der Waals surface area contributed by atoms with E-state index >= 15 is 0 Å². The summed E-state index contributed by atoms with van der Waals surface area (Å²) in [6.07, 6.45) is 2.14. The highest BCUT2D eigenvalue weighted by Crippen LogP contribution is 2.40. The molecule has 1 saturated heterocycles. The first-order valence-electron chi connectivity index (χ1n) is 7.31. The monoisotopic (exact) mass is 305 g/mol. The maximum Gasteiger partial charge on any atom is 0.639 e. The molecule has 0 radical (unpaired) electrons. The van der Waals surface area contributed by atoms with Gasteiger partial charge in [0.25, 0.3) is 0 Å². The van der Waals surface area contributed by atoms with E-state index in [4.69, 9.17) is 9.31 Å². The van der Waals surface area contributed by atoms with E-state index in [1.807, 2.05) is 0 Å². The summed E-state index contributed by atoms with van der Waals surface area (Å²) in [7, 11) is 0.299. The van der Waals surface area contributed by atoms with Crippen molar-refractivity contribution in [2.45, 2.75) is 25.7 Å². The van der Waals surface area contributed by atoms with Gasteiger partial charge in [-0.05, 0) is 43.9 Å². The standard InChI is InChI=1S/C15H17BFNO4/c1-9-5-11(10-3-4-10)6-12(15(9)17)16-21-13(19)7-18(2)8-14(20)22-16/h5-6,10H,3-4,7-8H2,1-2H3. The molecule has 116 valence electrons. The van der Waals surface area contributed by atoms with Gasteiger partial charge in [-0.1, -0.05) is 12.1 Å². The number of rotatable bonds is 2. The summed E-state index contributed by atoms with van der Waals surface area (Å²) in [5.41, 5.74) is 1.58. The normalized spacial score (nSPS) is 20.2. The Morgan fingerprint density at radius 2 is 1.77 bits per heavy atom. The molecule has 0 atom stereocenters. The summed E-state index contributed by atoms with van der Waals surface area (Å²) in [5, 5.41) is 0. The molecule has 2 fully saturated rings. The molecule has 3 rings (SSSR count). The van der Waals surface area contributed by atoms with Gasteiger partial charge in [0, 0.05) is 5.46 Å². The Labute approximate surface area is 128 Å². The van der Waals surface area contributed by atoms with Crippen LogP contribution in [0.4, 0.5) is 4.39 Å². The van der Waals surface area contributed by atoms with Crippen LogP contribution in [0.15, 0.2) is 12.1 Å². The molecular formula is C15H17BFNO4. The SMILES string of the molecule is Cc1cc(C2CC2)cc(B2OC(=O)CN(C)CC(=O)O2)c1F. The molecular weight excluding hydrogens is 288 g/mol. The minimum Gasteiger partial charge on any atom is -0.494 e.